The zero-order valence-electron chi connectivity index (χ0n) is 17.1. The highest BCUT2D eigenvalue weighted by molar-refractivity contribution is 5.86. The van der Waals surface area contributed by atoms with Crippen LogP contribution in [0.3, 0.4) is 0 Å². The van der Waals surface area contributed by atoms with Crippen LogP contribution in [0.4, 0.5) is 16.4 Å². The third kappa shape index (κ3) is 4.08. The maximum absolute atomic E-state index is 12.0. The first-order valence-corrected chi connectivity index (χ1v) is 9.69. The minimum Gasteiger partial charge on any atom is -0.444 e. The topological polar surface area (TPSA) is 81.1 Å². The van der Waals surface area contributed by atoms with Gasteiger partial charge in [-0.2, -0.15) is 0 Å². The minimum atomic E-state index is -0.537. The van der Waals surface area contributed by atoms with Crippen LogP contribution in [0.5, 0.6) is 0 Å². The number of anilines is 2. The Balaban J connectivity index is 1.66. The fourth-order valence-electron chi connectivity index (χ4n) is 3.36. The number of aromatic nitrogens is 3. The summed E-state index contributed by atoms with van der Waals surface area (Å²) in [5, 5.41) is 6.09. The largest absolute Gasteiger partial charge is 0.444 e. The lowest BCUT2D eigenvalue weighted by atomic mass is 10.1. The summed E-state index contributed by atoms with van der Waals surface area (Å²) >= 11 is 0. The fourth-order valence-corrected chi connectivity index (χ4v) is 3.36. The highest BCUT2D eigenvalue weighted by Gasteiger charge is 2.24. The van der Waals surface area contributed by atoms with E-state index in [1.54, 1.807) is 0 Å². The number of ether oxygens (including phenoxy) is 1. The Morgan fingerprint density at radius 2 is 1.90 bits per heavy atom. The third-order valence-corrected chi connectivity index (χ3v) is 4.52. The Hall–Kier alpha value is -3.35. The number of nitrogens with one attached hydrogen (secondary N) is 2. The number of carbonyl (C=O) groups is 1. The minimum absolute atomic E-state index is 0.468. The van der Waals surface area contributed by atoms with Crippen LogP contribution < -0.4 is 10.6 Å². The highest BCUT2D eigenvalue weighted by atomic mass is 16.6. The summed E-state index contributed by atoms with van der Waals surface area (Å²) in [7, 11) is 0. The Bertz CT molecular complexity index is 1050. The third-order valence-electron chi connectivity index (χ3n) is 4.52. The molecule has 0 unspecified atom stereocenters. The number of aryl methyl sites for hydroxylation is 1. The molecule has 0 radical (unpaired) electrons. The van der Waals surface area contributed by atoms with Gasteiger partial charge in [-0.05, 0) is 52.0 Å². The molecular formula is C22H25N5O2. The molecule has 0 atom stereocenters. The van der Waals surface area contributed by atoms with Crippen molar-refractivity contribution < 1.29 is 9.53 Å². The molecule has 1 aliphatic heterocycles. The Morgan fingerprint density at radius 1 is 1.14 bits per heavy atom. The van der Waals surface area contributed by atoms with E-state index in [-0.39, 0.29) is 0 Å². The van der Waals surface area contributed by atoms with Crippen molar-refractivity contribution in [3.63, 3.8) is 0 Å². The van der Waals surface area contributed by atoms with Crippen LogP contribution in [0.25, 0.3) is 22.6 Å². The van der Waals surface area contributed by atoms with Gasteiger partial charge in [0.2, 0.25) is 5.95 Å². The molecule has 1 aromatic carbocycles. The molecule has 2 N–H and O–H groups in total. The van der Waals surface area contributed by atoms with Crippen molar-refractivity contribution in [1.82, 2.24) is 14.5 Å². The molecule has 0 bridgehead atoms. The van der Waals surface area contributed by atoms with Crippen LogP contribution in [0.1, 0.15) is 26.5 Å². The number of hydrogen-bond acceptors (Lipinski definition) is 5. The summed E-state index contributed by atoms with van der Waals surface area (Å²) in [4.78, 5) is 21.4. The number of rotatable bonds is 3. The molecule has 0 aliphatic carbocycles. The molecule has 3 aromatic rings. The number of amides is 1. The van der Waals surface area contributed by atoms with Crippen molar-refractivity contribution in [3.8, 4) is 22.6 Å². The van der Waals surface area contributed by atoms with Gasteiger partial charge in [0.1, 0.15) is 11.3 Å². The second-order valence-corrected chi connectivity index (χ2v) is 8.08. The van der Waals surface area contributed by atoms with Crippen molar-refractivity contribution in [2.75, 3.05) is 17.2 Å². The maximum Gasteiger partial charge on any atom is 0.412 e. The van der Waals surface area contributed by atoms with Gasteiger partial charge in [0.25, 0.3) is 0 Å². The Kier molecular flexibility index (Phi) is 4.74. The van der Waals surface area contributed by atoms with E-state index >= 15 is 0 Å². The first-order chi connectivity index (χ1) is 13.8. The van der Waals surface area contributed by atoms with Gasteiger partial charge in [0.05, 0.1) is 11.4 Å². The Labute approximate surface area is 170 Å². The number of pyridine rings is 1. The summed E-state index contributed by atoms with van der Waals surface area (Å²) in [6.45, 7) is 9.19. The quantitative estimate of drug-likeness (QED) is 0.677. The number of nitrogens with zero attached hydrogens (tertiary/aromatic N) is 3. The highest BCUT2D eigenvalue weighted by Crippen LogP contribution is 2.36. The van der Waals surface area contributed by atoms with Crippen LogP contribution in [-0.2, 0) is 11.3 Å². The molecule has 1 aliphatic rings. The van der Waals surface area contributed by atoms with Crippen molar-refractivity contribution in [2.45, 2.75) is 39.8 Å². The predicted molar refractivity (Wildman–Crippen MR) is 114 cm³/mol. The zero-order chi connectivity index (χ0) is 20.6. The van der Waals surface area contributed by atoms with Crippen LogP contribution in [0, 0.1) is 6.92 Å². The molecule has 4 rings (SSSR count). The lowest BCUT2D eigenvalue weighted by Crippen LogP contribution is -2.27. The van der Waals surface area contributed by atoms with Gasteiger partial charge in [-0.3, -0.25) is 10.3 Å². The van der Waals surface area contributed by atoms with E-state index in [0.29, 0.717) is 5.69 Å². The van der Waals surface area contributed by atoms with Crippen molar-refractivity contribution >= 4 is 17.7 Å². The molecule has 3 heterocycles. The lowest BCUT2D eigenvalue weighted by Gasteiger charge is -2.19. The molecule has 0 spiro atoms. The van der Waals surface area contributed by atoms with E-state index < -0.39 is 11.7 Å². The standard InChI is InChI=1S/C22H25N5O2/c1-14-6-5-7-17(24-14)18-19(27-13-12-23-20(27)26-18)15-8-10-16(11-9-15)25-21(28)29-22(2,3)4/h5-11H,12-13H2,1-4H3,(H,23,26)(H,25,28). The Morgan fingerprint density at radius 3 is 2.59 bits per heavy atom. The van der Waals surface area contributed by atoms with E-state index in [1.807, 2.05) is 70.2 Å². The molecule has 2 aromatic heterocycles. The van der Waals surface area contributed by atoms with Gasteiger partial charge in [0, 0.05) is 30.0 Å². The van der Waals surface area contributed by atoms with Gasteiger partial charge in [-0.15, -0.1) is 0 Å². The van der Waals surface area contributed by atoms with Crippen LogP contribution in [0.15, 0.2) is 42.5 Å². The van der Waals surface area contributed by atoms with Crippen LogP contribution in [-0.4, -0.2) is 32.8 Å². The van der Waals surface area contributed by atoms with E-state index in [0.717, 1.165) is 47.4 Å². The fraction of sp³-hybridized carbons (Fsp3) is 0.318. The average Bonchev–Trinajstić information content (AvgIpc) is 3.22. The van der Waals surface area contributed by atoms with Gasteiger partial charge in [0.15, 0.2) is 0 Å². The van der Waals surface area contributed by atoms with Gasteiger partial charge in [-0.25, -0.2) is 9.78 Å². The first kappa shape index (κ1) is 19.0. The van der Waals surface area contributed by atoms with Crippen molar-refractivity contribution in [2.24, 2.45) is 0 Å². The maximum atomic E-state index is 12.0. The van der Waals surface area contributed by atoms with Gasteiger partial charge < -0.3 is 14.6 Å². The van der Waals surface area contributed by atoms with Crippen molar-refractivity contribution in [1.29, 1.82) is 0 Å². The number of benzene rings is 1. The summed E-state index contributed by atoms with van der Waals surface area (Å²) in [5.74, 6) is 0.856. The predicted octanol–water partition coefficient (Wildman–Crippen LogP) is 4.69. The molecule has 7 nitrogen and oxygen atoms in total. The van der Waals surface area contributed by atoms with Crippen molar-refractivity contribution in [3.05, 3.63) is 48.2 Å². The van der Waals surface area contributed by atoms with E-state index in [4.69, 9.17) is 9.72 Å². The summed E-state index contributed by atoms with van der Waals surface area (Å²) in [6, 6.07) is 13.6. The number of hydrogen-bond donors (Lipinski definition) is 2. The average molecular weight is 391 g/mol. The molecule has 0 saturated heterocycles. The molecule has 1 amide bonds. The molecular weight excluding hydrogens is 366 g/mol. The second-order valence-electron chi connectivity index (χ2n) is 8.08. The molecule has 150 valence electrons. The SMILES string of the molecule is Cc1cccc(-c2nc3n(c2-c2ccc(NC(=O)OC(C)(C)C)cc2)CCN3)n1. The second kappa shape index (κ2) is 7.24. The van der Waals surface area contributed by atoms with Gasteiger partial charge in [-0.1, -0.05) is 18.2 Å². The van der Waals surface area contributed by atoms with E-state index in [9.17, 15) is 4.79 Å². The first-order valence-electron chi connectivity index (χ1n) is 9.69. The number of imidazole rings is 1. The van der Waals surface area contributed by atoms with E-state index in [1.165, 1.54) is 0 Å². The smallest absolute Gasteiger partial charge is 0.412 e. The number of carbonyl (C=O) groups excluding carboxylic acids is 1. The normalized spacial score (nSPS) is 13.0. The molecule has 0 fully saturated rings. The van der Waals surface area contributed by atoms with Gasteiger partial charge >= 0.3 is 6.09 Å². The molecule has 0 saturated carbocycles. The summed E-state index contributed by atoms with van der Waals surface area (Å²) < 4.78 is 7.49. The zero-order valence-corrected chi connectivity index (χ0v) is 17.1. The van der Waals surface area contributed by atoms with Crippen LogP contribution >= 0.6 is 0 Å². The summed E-state index contributed by atoms with van der Waals surface area (Å²) in [6.07, 6.45) is -0.468. The number of fused-ring (bicyclic) bond motifs is 1. The monoisotopic (exact) mass is 391 g/mol. The molecule has 7 heteroatoms. The molecule has 29 heavy (non-hydrogen) atoms. The van der Waals surface area contributed by atoms with E-state index in [2.05, 4.69) is 20.2 Å². The lowest BCUT2D eigenvalue weighted by molar-refractivity contribution is 0.0636. The summed E-state index contributed by atoms with van der Waals surface area (Å²) in [5.41, 5.74) is 4.82. The van der Waals surface area contributed by atoms with Crippen LogP contribution in [0.2, 0.25) is 0 Å².